The first-order valence-corrected chi connectivity index (χ1v) is 17.6. The van der Waals surface area contributed by atoms with Crippen LogP contribution in [0.1, 0.15) is 59.4 Å². The van der Waals surface area contributed by atoms with E-state index in [1.807, 2.05) is 31.3 Å². The maximum atomic E-state index is 6.48. The lowest BCUT2D eigenvalue weighted by Gasteiger charge is -2.42. The van der Waals surface area contributed by atoms with Gasteiger partial charge in [0.15, 0.2) is 0 Å². The Morgan fingerprint density at radius 3 is 2.43 bits per heavy atom. The van der Waals surface area contributed by atoms with Crippen LogP contribution in [0.15, 0.2) is 49.4 Å². The fourth-order valence-corrected chi connectivity index (χ4v) is 6.95. The van der Waals surface area contributed by atoms with Crippen LogP contribution in [0.5, 0.6) is 11.6 Å². The third-order valence-corrected chi connectivity index (χ3v) is 9.37. The van der Waals surface area contributed by atoms with Crippen LogP contribution in [0.3, 0.4) is 0 Å². The molecule has 1 unspecified atom stereocenters. The van der Waals surface area contributed by atoms with E-state index in [0.29, 0.717) is 54.4 Å². The molecule has 0 bridgehead atoms. The van der Waals surface area contributed by atoms with Gasteiger partial charge in [-0.05, 0) is 64.2 Å². The number of anilines is 2. The van der Waals surface area contributed by atoms with Gasteiger partial charge in [-0.1, -0.05) is 24.6 Å². The molecule has 3 aromatic heterocycles. The SMILES string of the molecule is COCC(C)COc1nn([C@H]2CC[C@H](N3C[C@@H](C)O[C@@H](C)C3)CC2)cc1Nc1ncc(-c2ccc(Cl)c(O[C@@H](C)Cn3cncn3)c2)cn1. The van der Waals surface area contributed by atoms with Crippen LogP contribution < -0.4 is 14.8 Å². The van der Waals surface area contributed by atoms with Gasteiger partial charge in [0, 0.05) is 50.1 Å². The quantitative estimate of drug-likeness (QED) is 0.166. The summed E-state index contributed by atoms with van der Waals surface area (Å²) in [5, 5.41) is 13.0. The van der Waals surface area contributed by atoms with E-state index in [0.717, 1.165) is 55.6 Å². The average molecular weight is 694 g/mol. The predicted octanol–water partition coefficient (Wildman–Crippen LogP) is 6.05. The Hall–Kier alpha value is -3.78. The molecule has 1 aliphatic heterocycles. The minimum atomic E-state index is -0.167. The van der Waals surface area contributed by atoms with Gasteiger partial charge < -0.3 is 24.3 Å². The number of aromatic nitrogens is 7. The summed E-state index contributed by atoms with van der Waals surface area (Å²) in [5.74, 6) is 1.78. The largest absolute Gasteiger partial charge is 0.487 e. The minimum Gasteiger partial charge on any atom is -0.487 e. The molecule has 264 valence electrons. The third kappa shape index (κ3) is 9.27. The Kier molecular flexibility index (Phi) is 11.7. The zero-order chi connectivity index (χ0) is 34.3. The summed E-state index contributed by atoms with van der Waals surface area (Å²) in [7, 11) is 1.70. The number of nitrogens with one attached hydrogen (secondary N) is 1. The van der Waals surface area contributed by atoms with E-state index in [-0.39, 0.29) is 24.2 Å². The van der Waals surface area contributed by atoms with E-state index in [4.69, 9.17) is 35.6 Å². The second kappa shape index (κ2) is 16.3. The van der Waals surface area contributed by atoms with Gasteiger partial charge in [-0.25, -0.2) is 19.6 Å². The molecule has 6 rings (SSSR count). The lowest BCUT2D eigenvalue weighted by atomic mass is 9.89. The summed E-state index contributed by atoms with van der Waals surface area (Å²) in [4.78, 5) is 15.9. The van der Waals surface area contributed by atoms with Gasteiger partial charge in [0.2, 0.25) is 5.95 Å². The highest BCUT2D eigenvalue weighted by Crippen LogP contribution is 2.36. The summed E-state index contributed by atoms with van der Waals surface area (Å²) >= 11 is 6.48. The normalized spacial score (nSPS) is 22.8. The first-order valence-electron chi connectivity index (χ1n) is 17.2. The van der Waals surface area contributed by atoms with Crippen molar-refractivity contribution >= 4 is 23.2 Å². The van der Waals surface area contributed by atoms with Crippen LogP contribution in [-0.4, -0.2) is 97.2 Å². The Bertz CT molecular complexity index is 1600. The number of methoxy groups -OCH3 is 1. The summed E-state index contributed by atoms with van der Waals surface area (Å²) in [6.07, 6.45) is 13.5. The molecule has 1 aromatic carbocycles. The number of nitrogens with zero attached hydrogens (tertiary/aromatic N) is 8. The van der Waals surface area contributed by atoms with Crippen LogP contribution in [-0.2, 0) is 16.0 Å². The van der Waals surface area contributed by atoms with Crippen molar-refractivity contribution < 1.29 is 18.9 Å². The molecule has 2 fully saturated rings. The maximum absolute atomic E-state index is 6.48. The first-order chi connectivity index (χ1) is 23.7. The Balaban J connectivity index is 1.13. The number of halogens is 1. The number of hydrogen-bond acceptors (Lipinski definition) is 11. The summed E-state index contributed by atoms with van der Waals surface area (Å²) in [6, 6.07) is 6.53. The molecule has 0 amide bonds. The molecular formula is C35H48ClN9O4. The van der Waals surface area contributed by atoms with E-state index >= 15 is 0 Å². The van der Waals surface area contributed by atoms with Gasteiger partial charge in [0.25, 0.3) is 5.88 Å². The number of morpholine rings is 1. The first kappa shape index (κ1) is 35.1. The Morgan fingerprint density at radius 2 is 1.73 bits per heavy atom. The van der Waals surface area contributed by atoms with E-state index in [1.165, 1.54) is 6.33 Å². The fourth-order valence-electron chi connectivity index (χ4n) is 6.79. The topological polar surface area (TPSA) is 127 Å². The fraction of sp³-hybridized carbons (Fsp3) is 0.571. The Morgan fingerprint density at radius 1 is 1.00 bits per heavy atom. The van der Waals surface area contributed by atoms with Gasteiger partial charge in [0.05, 0.1) is 49.2 Å². The van der Waals surface area contributed by atoms with Crippen molar-refractivity contribution in [1.82, 2.24) is 39.4 Å². The molecule has 13 nitrogen and oxygen atoms in total. The van der Waals surface area contributed by atoms with Crippen molar-refractivity contribution in [3.63, 3.8) is 0 Å². The summed E-state index contributed by atoms with van der Waals surface area (Å²) < 4.78 is 27.4. The van der Waals surface area contributed by atoms with Gasteiger partial charge in [-0.2, -0.15) is 5.10 Å². The number of hydrogen-bond donors (Lipinski definition) is 1. The van der Waals surface area contributed by atoms with Crippen LogP contribution in [0, 0.1) is 5.92 Å². The van der Waals surface area contributed by atoms with Gasteiger partial charge in [-0.3, -0.25) is 9.58 Å². The van der Waals surface area contributed by atoms with E-state index in [1.54, 1.807) is 30.5 Å². The molecule has 4 heterocycles. The molecule has 1 saturated carbocycles. The molecule has 1 aliphatic carbocycles. The van der Waals surface area contributed by atoms with E-state index in [2.05, 4.69) is 55.7 Å². The van der Waals surface area contributed by atoms with Crippen LogP contribution in [0.25, 0.3) is 11.1 Å². The molecule has 0 spiro atoms. The average Bonchev–Trinajstić information content (AvgIpc) is 3.75. The molecule has 1 N–H and O–H groups in total. The zero-order valence-corrected chi connectivity index (χ0v) is 29.8. The lowest BCUT2D eigenvalue weighted by molar-refractivity contribution is -0.0852. The van der Waals surface area contributed by atoms with Crippen LogP contribution >= 0.6 is 11.6 Å². The van der Waals surface area contributed by atoms with Crippen LogP contribution in [0.2, 0.25) is 5.02 Å². The number of rotatable bonds is 14. The zero-order valence-electron chi connectivity index (χ0n) is 29.0. The molecule has 2 aliphatic rings. The van der Waals surface area contributed by atoms with Gasteiger partial charge >= 0.3 is 0 Å². The lowest BCUT2D eigenvalue weighted by Crippen LogP contribution is -2.51. The highest BCUT2D eigenvalue weighted by Gasteiger charge is 2.32. The highest BCUT2D eigenvalue weighted by molar-refractivity contribution is 6.32. The molecule has 4 aromatic rings. The molecular weight excluding hydrogens is 646 g/mol. The Labute approximate surface area is 293 Å². The van der Waals surface area contributed by atoms with Crippen molar-refractivity contribution in [3.05, 3.63) is 54.5 Å². The molecule has 4 atom stereocenters. The second-order valence-electron chi connectivity index (χ2n) is 13.5. The number of ether oxygens (including phenoxy) is 4. The molecule has 49 heavy (non-hydrogen) atoms. The predicted molar refractivity (Wildman–Crippen MR) is 188 cm³/mol. The molecule has 1 saturated heterocycles. The monoisotopic (exact) mass is 693 g/mol. The summed E-state index contributed by atoms with van der Waals surface area (Å²) in [5.41, 5.74) is 2.45. The van der Waals surface area contributed by atoms with E-state index < -0.39 is 0 Å². The van der Waals surface area contributed by atoms with E-state index in [9.17, 15) is 0 Å². The number of benzene rings is 1. The third-order valence-electron chi connectivity index (χ3n) is 9.06. The van der Waals surface area contributed by atoms with Crippen molar-refractivity contribution in [2.24, 2.45) is 5.92 Å². The van der Waals surface area contributed by atoms with Crippen LogP contribution in [0.4, 0.5) is 11.6 Å². The van der Waals surface area contributed by atoms with Crippen molar-refractivity contribution in [3.8, 4) is 22.8 Å². The highest BCUT2D eigenvalue weighted by atomic mass is 35.5. The molecule has 14 heteroatoms. The second-order valence-corrected chi connectivity index (χ2v) is 13.9. The van der Waals surface area contributed by atoms with Gasteiger partial charge in [-0.15, -0.1) is 5.10 Å². The molecule has 0 radical (unpaired) electrons. The minimum absolute atomic E-state index is 0.167. The smallest absolute Gasteiger partial charge is 0.256 e. The van der Waals surface area contributed by atoms with Crippen molar-refractivity contribution in [1.29, 1.82) is 0 Å². The van der Waals surface area contributed by atoms with Crippen molar-refractivity contribution in [2.75, 3.05) is 38.7 Å². The maximum Gasteiger partial charge on any atom is 0.256 e. The summed E-state index contributed by atoms with van der Waals surface area (Å²) in [6.45, 7) is 12.0. The van der Waals surface area contributed by atoms with Gasteiger partial charge in [0.1, 0.15) is 30.2 Å². The van der Waals surface area contributed by atoms with Crippen molar-refractivity contribution in [2.45, 2.75) is 90.3 Å². The standard InChI is InChI=1S/C35H48ClN9O4/c1-23(19-46-5)20-47-34-32(18-45(42-34)30-9-7-29(8-10-30)43-15-24(2)48-25(3)16-43)41-35-38-13-28(14-39-35)27-6-11-31(36)33(12-27)49-26(4)17-44-22-37-21-40-44/h6,11-14,18,21-26,29-30H,7-10,15-17,19-20H2,1-5H3,(H,38,39,41)/t23?,24-,25+,26-,29-,30-/m0/s1.